The zero-order valence-electron chi connectivity index (χ0n) is 12.8. The Balaban J connectivity index is 1.70. The van der Waals surface area contributed by atoms with Crippen LogP contribution in [-0.4, -0.2) is 46.0 Å². The molecule has 1 aliphatic heterocycles. The van der Waals surface area contributed by atoms with Crippen LogP contribution in [0.5, 0.6) is 0 Å². The highest BCUT2D eigenvalue weighted by molar-refractivity contribution is 5.89. The summed E-state index contributed by atoms with van der Waals surface area (Å²) in [5.41, 5.74) is 1.66. The lowest BCUT2D eigenvalue weighted by Crippen LogP contribution is -2.49. The molecule has 1 aliphatic rings. The number of nitrogens with zero attached hydrogens (tertiary/aromatic N) is 3. The Hall–Kier alpha value is -2.34. The van der Waals surface area contributed by atoms with Crippen LogP contribution in [0.4, 0.5) is 10.5 Å². The van der Waals surface area contributed by atoms with E-state index in [0.29, 0.717) is 13.1 Å². The van der Waals surface area contributed by atoms with E-state index >= 15 is 0 Å². The van der Waals surface area contributed by atoms with E-state index < -0.39 is 0 Å². The summed E-state index contributed by atoms with van der Waals surface area (Å²) in [6.45, 7) is 5.17. The van der Waals surface area contributed by atoms with Gasteiger partial charge in [0.25, 0.3) is 0 Å². The summed E-state index contributed by atoms with van der Waals surface area (Å²) in [6, 6.07) is 9.39. The van der Waals surface area contributed by atoms with E-state index in [0.717, 1.165) is 11.4 Å². The molecule has 0 saturated carbocycles. The van der Waals surface area contributed by atoms with E-state index in [9.17, 15) is 4.79 Å². The first-order valence-corrected chi connectivity index (χ1v) is 7.43. The molecule has 22 heavy (non-hydrogen) atoms. The number of benzene rings is 1. The third-order valence-corrected chi connectivity index (χ3v) is 3.57. The first-order valence-electron chi connectivity index (χ1n) is 7.43. The molecule has 1 aromatic heterocycles. The zero-order chi connectivity index (χ0) is 15.5. The number of anilines is 1. The first-order chi connectivity index (χ1) is 10.6. The van der Waals surface area contributed by atoms with Gasteiger partial charge in [0.2, 0.25) is 0 Å². The van der Waals surface area contributed by atoms with E-state index in [1.807, 2.05) is 50.4 Å². The second-order valence-electron chi connectivity index (χ2n) is 5.59. The third kappa shape index (κ3) is 3.28. The van der Waals surface area contributed by atoms with Gasteiger partial charge in [0.15, 0.2) is 0 Å². The topological polar surface area (TPSA) is 59.4 Å². The molecule has 116 valence electrons. The van der Waals surface area contributed by atoms with E-state index in [4.69, 9.17) is 4.74 Å². The van der Waals surface area contributed by atoms with Gasteiger partial charge in [-0.1, -0.05) is 6.07 Å². The van der Waals surface area contributed by atoms with Crippen LogP contribution in [0.15, 0.2) is 42.7 Å². The number of hydrogen-bond acceptors (Lipinski definition) is 3. The standard InChI is InChI=1S/C16H20N4O2/c1-12-10-19(11-13(2)22-12)16(21)18-14-5-3-6-15(9-14)20-8-4-7-17-20/h3-9,12-13H,10-11H2,1-2H3,(H,18,21)/t12-,13+. The van der Waals surface area contributed by atoms with Crippen molar-refractivity contribution in [1.82, 2.24) is 14.7 Å². The summed E-state index contributed by atoms with van der Waals surface area (Å²) in [6.07, 6.45) is 3.71. The van der Waals surface area contributed by atoms with Gasteiger partial charge < -0.3 is 15.0 Å². The Bertz CT molecular complexity index is 631. The van der Waals surface area contributed by atoms with Crippen molar-refractivity contribution in [2.75, 3.05) is 18.4 Å². The molecule has 1 saturated heterocycles. The van der Waals surface area contributed by atoms with Gasteiger partial charge in [0.05, 0.1) is 17.9 Å². The summed E-state index contributed by atoms with van der Waals surface area (Å²) in [5, 5.41) is 7.14. The minimum atomic E-state index is -0.0976. The Labute approximate surface area is 129 Å². The smallest absolute Gasteiger partial charge is 0.322 e. The predicted octanol–water partition coefficient (Wildman–Crippen LogP) is 2.51. The highest BCUT2D eigenvalue weighted by Crippen LogP contribution is 2.16. The highest BCUT2D eigenvalue weighted by atomic mass is 16.5. The fourth-order valence-electron chi connectivity index (χ4n) is 2.69. The summed E-state index contributed by atoms with van der Waals surface area (Å²) in [4.78, 5) is 14.2. The molecule has 2 amide bonds. The van der Waals surface area contributed by atoms with Gasteiger partial charge in [-0.25, -0.2) is 9.48 Å². The van der Waals surface area contributed by atoms with Gasteiger partial charge >= 0.3 is 6.03 Å². The minimum Gasteiger partial charge on any atom is -0.372 e. The van der Waals surface area contributed by atoms with Gasteiger partial charge in [0, 0.05) is 31.2 Å². The van der Waals surface area contributed by atoms with E-state index in [-0.39, 0.29) is 18.2 Å². The van der Waals surface area contributed by atoms with Crippen molar-refractivity contribution in [3.8, 4) is 5.69 Å². The van der Waals surface area contributed by atoms with Crippen LogP contribution in [0.3, 0.4) is 0 Å². The normalized spacial score (nSPS) is 21.6. The summed E-state index contributed by atoms with van der Waals surface area (Å²) < 4.78 is 7.41. The molecule has 0 radical (unpaired) electrons. The Morgan fingerprint density at radius 1 is 1.27 bits per heavy atom. The molecular weight excluding hydrogens is 280 g/mol. The van der Waals surface area contributed by atoms with Crippen molar-refractivity contribution in [3.63, 3.8) is 0 Å². The lowest BCUT2D eigenvalue weighted by molar-refractivity contribution is -0.0530. The number of urea groups is 1. The average molecular weight is 300 g/mol. The highest BCUT2D eigenvalue weighted by Gasteiger charge is 2.25. The number of morpholine rings is 1. The largest absolute Gasteiger partial charge is 0.372 e. The van der Waals surface area contributed by atoms with Crippen LogP contribution in [0.25, 0.3) is 5.69 Å². The predicted molar refractivity (Wildman–Crippen MR) is 84.2 cm³/mol. The van der Waals surface area contributed by atoms with Gasteiger partial charge in [-0.05, 0) is 38.1 Å². The second-order valence-corrected chi connectivity index (χ2v) is 5.59. The number of carbonyl (C=O) groups excluding carboxylic acids is 1. The van der Waals surface area contributed by atoms with Gasteiger partial charge in [0.1, 0.15) is 0 Å². The maximum absolute atomic E-state index is 12.4. The summed E-state index contributed by atoms with van der Waals surface area (Å²) >= 11 is 0. The van der Waals surface area contributed by atoms with E-state index in [1.165, 1.54) is 0 Å². The van der Waals surface area contributed by atoms with E-state index in [2.05, 4.69) is 10.4 Å². The van der Waals surface area contributed by atoms with Gasteiger partial charge in [-0.2, -0.15) is 5.10 Å². The molecule has 0 unspecified atom stereocenters. The molecule has 1 fully saturated rings. The van der Waals surface area contributed by atoms with Crippen molar-refractivity contribution in [2.24, 2.45) is 0 Å². The van der Waals surface area contributed by atoms with Crippen molar-refractivity contribution in [2.45, 2.75) is 26.1 Å². The molecule has 0 spiro atoms. The maximum Gasteiger partial charge on any atom is 0.322 e. The van der Waals surface area contributed by atoms with Crippen molar-refractivity contribution >= 4 is 11.7 Å². The third-order valence-electron chi connectivity index (χ3n) is 3.57. The fraction of sp³-hybridized carbons (Fsp3) is 0.375. The zero-order valence-corrected chi connectivity index (χ0v) is 12.8. The molecule has 0 bridgehead atoms. The number of amides is 2. The van der Waals surface area contributed by atoms with Crippen LogP contribution < -0.4 is 5.32 Å². The monoisotopic (exact) mass is 300 g/mol. The van der Waals surface area contributed by atoms with Crippen molar-refractivity contribution in [3.05, 3.63) is 42.7 Å². The Morgan fingerprint density at radius 3 is 2.73 bits per heavy atom. The molecule has 2 aromatic rings. The first kappa shape index (κ1) is 14.6. The van der Waals surface area contributed by atoms with Crippen LogP contribution >= 0.6 is 0 Å². The Kier molecular flexibility index (Phi) is 4.11. The van der Waals surface area contributed by atoms with E-state index in [1.54, 1.807) is 15.8 Å². The number of carbonyl (C=O) groups is 1. The molecule has 3 rings (SSSR count). The average Bonchev–Trinajstić information content (AvgIpc) is 3.00. The SMILES string of the molecule is C[C@@H]1CN(C(=O)Nc2cccc(-n3cccn3)c2)C[C@H](C)O1. The van der Waals surface area contributed by atoms with Crippen LogP contribution in [-0.2, 0) is 4.74 Å². The number of aromatic nitrogens is 2. The maximum atomic E-state index is 12.4. The number of ether oxygens (including phenoxy) is 1. The molecule has 2 atom stereocenters. The molecule has 6 heteroatoms. The molecular formula is C16H20N4O2. The molecule has 6 nitrogen and oxygen atoms in total. The fourth-order valence-corrected chi connectivity index (χ4v) is 2.69. The lowest BCUT2D eigenvalue weighted by Gasteiger charge is -2.35. The molecule has 0 aliphatic carbocycles. The molecule has 1 N–H and O–H groups in total. The number of hydrogen-bond donors (Lipinski definition) is 1. The lowest BCUT2D eigenvalue weighted by atomic mass is 10.2. The van der Waals surface area contributed by atoms with Crippen molar-refractivity contribution in [1.29, 1.82) is 0 Å². The van der Waals surface area contributed by atoms with Crippen LogP contribution in [0.1, 0.15) is 13.8 Å². The second kappa shape index (κ2) is 6.19. The molecule has 2 heterocycles. The van der Waals surface area contributed by atoms with Crippen LogP contribution in [0, 0.1) is 0 Å². The van der Waals surface area contributed by atoms with Gasteiger partial charge in [-0.3, -0.25) is 0 Å². The van der Waals surface area contributed by atoms with Gasteiger partial charge in [-0.15, -0.1) is 0 Å². The summed E-state index contributed by atoms with van der Waals surface area (Å²) in [7, 11) is 0. The number of nitrogens with one attached hydrogen (secondary N) is 1. The summed E-state index contributed by atoms with van der Waals surface area (Å²) in [5.74, 6) is 0. The van der Waals surface area contributed by atoms with Crippen LogP contribution in [0.2, 0.25) is 0 Å². The molecule has 1 aromatic carbocycles. The Morgan fingerprint density at radius 2 is 2.05 bits per heavy atom. The minimum absolute atomic E-state index is 0.0601. The number of rotatable bonds is 2. The van der Waals surface area contributed by atoms with Crippen molar-refractivity contribution < 1.29 is 9.53 Å². The quantitative estimate of drug-likeness (QED) is 0.927.